The van der Waals surface area contributed by atoms with Crippen molar-refractivity contribution in [3.8, 4) is 0 Å². The van der Waals surface area contributed by atoms with Gasteiger partial charge in [0.1, 0.15) is 6.04 Å². The standard InChI is InChI=1S/C14H18N2O5/c1-16-11(17)7-6-10(13(16)19)15-12(18)8-4-2-3-5-9(8)14(20)21/h2-3,8-10H,4-7H2,1H3,(H,15,18)(H,20,21). The normalized spacial score (nSPS) is 29.4. The molecule has 2 N–H and O–H groups in total. The molecule has 0 aromatic carbocycles. The molecule has 1 aliphatic heterocycles. The zero-order valence-electron chi connectivity index (χ0n) is 11.7. The number of nitrogens with one attached hydrogen (secondary N) is 1. The Balaban J connectivity index is 2.04. The number of carbonyl (C=O) groups excluding carboxylic acids is 3. The minimum atomic E-state index is -1.01. The van der Waals surface area contributed by atoms with Crippen molar-refractivity contribution < 1.29 is 24.3 Å². The van der Waals surface area contributed by atoms with Gasteiger partial charge in [0.2, 0.25) is 11.8 Å². The van der Waals surface area contributed by atoms with Gasteiger partial charge in [-0.05, 0) is 19.3 Å². The molecule has 0 radical (unpaired) electrons. The van der Waals surface area contributed by atoms with E-state index < -0.39 is 35.7 Å². The number of rotatable bonds is 3. The molecule has 1 aliphatic carbocycles. The summed E-state index contributed by atoms with van der Waals surface area (Å²) in [4.78, 5) is 47.8. The molecular formula is C14H18N2O5. The van der Waals surface area contributed by atoms with Crippen molar-refractivity contribution in [2.75, 3.05) is 7.05 Å². The second kappa shape index (κ2) is 6.07. The Morgan fingerprint density at radius 3 is 2.48 bits per heavy atom. The van der Waals surface area contributed by atoms with Crippen LogP contribution in [0.3, 0.4) is 0 Å². The number of piperidine rings is 1. The molecular weight excluding hydrogens is 276 g/mol. The van der Waals surface area contributed by atoms with Crippen LogP contribution in [0, 0.1) is 11.8 Å². The summed E-state index contributed by atoms with van der Waals surface area (Å²) in [6, 6.07) is -0.749. The highest BCUT2D eigenvalue weighted by atomic mass is 16.4. The fraction of sp³-hybridized carbons (Fsp3) is 0.571. The van der Waals surface area contributed by atoms with Gasteiger partial charge >= 0.3 is 5.97 Å². The number of likely N-dealkylation sites (tertiary alicyclic amines) is 1. The number of aliphatic carboxylic acids is 1. The SMILES string of the molecule is CN1C(=O)CCC(NC(=O)C2CC=CCC2C(=O)O)C1=O. The van der Waals surface area contributed by atoms with E-state index >= 15 is 0 Å². The summed E-state index contributed by atoms with van der Waals surface area (Å²) in [5.41, 5.74) is 0. The summed E-state index contributed by atoms with van der Waals surface area (Å²) >= 11 is 0. The average Bonchev–Trinajstić information content (AvgIpc) is 2.47. The van der Waals surface area contributed by atoms with Crippen LogP contribution >= 0.6 is 0 Å². The third-order valence-corrected chi connectivity index (χ3v) is 4.05. The predicted molar refractivity (Wildman–Crippen MR) is 71.9 cm³/mol. The summed E-state index contributed by atoms with van der Waals surface area (Å²) in [5.74, 6) is -3.61. The van der Waals surface area contributed by atoms with Crippen molar-refractivity contribution in [2.24, 2.45) is 11.8 Å². The van der Waals surface area contributed by atoms with Crippen molar-refractivity contribution in [3.05, 3.63) is 12.2 Å². The molecule has 7 heteroatoms. The van der Waals surface area contributed by atoms with Crippen LogP contribution < -0.4 is 5.32 Å². The Hall–Kier alpha value is -2.18. The maximum atomic E-state index is 12.3. The van der Waals surface area contributed by atoms with Gasteiger partial charge in [-0.1, -0.05) is 12.2 Å². The van der Waals surface area contributed by atoms with E-state index in [9.17, 15) is 19.2 Å². The highest BCUT2D eigenvalue weighted by Crippen LogP contribution is 2.26. The molecule has 1 fully saturated rings. The number of carbonyl (C=O) groups is 4. The topological polar surface area (TPSA) is 104 Å². The molecule has 2 rings (SSSR count). The average molecular weight is 294 g/mol. The van der Waals surface area contributed by atoms with Crippen molar-refractivity contribution in [2.45, 2.75) is 31.7 Å². The Labute approximate surface area is 122 Å². The highest BCUT2D eigenvalue weighted by molar-refractivity contribution is 6.01. The number of carboxylic acid groups (broad SMARTS) is 1. The lowest BCUT2D eigenvalue weighted by Crippen LogP contribution is -2.54. The summed E-state index contributed by atoms with van der Waals surface area (Å²) in [6.07, 6.45) is 4.64. The van der Waals surface area contributed by atoms with Crippen LogP contribution in [0.4, 0.5) is 0 Å². The van der Waals surface area contributed by atoms with Crippen LogP contribution in [-0.2, 0) is 19.2 Å². The zero-order chi connectivity index (χ0) is 15.6. The first kappa shape index (κ1) is 15.2. The number of allylic oxidation sites excluding steroid dienone is 2. The molecule has 0 aromatic heterocycles. The molecule has 0 spiro atoms. The predicted octanol–water partition coefficient (Wildman–Crippen LogP) is -0.0830. The highest BCUT2D eigenvalue weighted by Gasteiger charge is 2.38. The smallest absolute Gasteiger partial charge is 0.307 e. The first-order valence-electron chi connectivity index (χ1n) is 6.90. The van der Waals surface area contributed by atoms with Gasteiger partial charge < -0.3 is 10.4 Å². The van der Waals surface area contributed by atoms with Gasteiger partial charge in [0, 0.05) is 13.5 Å². The molecule has 0 aromatic rings. The van der Waals surface area contributed by atoms with Crippen molar-refractivity contribution in [3.63, 3.8) is 0 Å². The van der Waals surface area contributed by atoms with Gasteiger partial charge in [0.05, 0.1) is 11.8 Å². The number of amides is 3. The van der Waals surface area contributed by atoms with E-state index in [4.69, 9.17) is 5.11 Å². The quantitative estimate of drug-likeness (QED) is 0.559. The Kier molecular flexibility index (Phi) is 4.40. The van der Waals surface area contributed by atoms with E-state index in [1.165, 1.54) is 7.05 Å². The fourth-order valence-electron chi connectivity index (χ4n) is 2.71. The minimum Gasteiger partial charge on any atom is -0.481 e. The van der Waals surface area contributed by atoms with Crippen molar-refractivity contribution >= 4 is 23.7 Å². The number of hydrogen-bond acceptors (Lipinski definition) is 4. The van der Waals surface area contributed by atoms with Gasteiger partial charge in [-0.3, -0.25) is 24.1 Å². The van der Waals surface area contributed by atoms with Gasteiger partial charge in [-0.2, -0.15) is 0 Å². The second-order valence-electron chi connectivity index (χ2n) is 5.38. The van der Waals surface area contributed by atoms with Crippen molar-refractivity contribution in [1.82, 2.24) is 10.2 Å². The molecule has 3 unspecified atom stereocenters. The summed E-state index contributed by atoms with van der Waals surface area (Å²) < 4.78 is 0. The van der Waals surface area contributed by atoms with Crippen molar-refractivity contribution in [1.29, 1.82) is 0 Å². The van der Waals surface area contributed by atoms with Crippen LogP contribution in [0.15, 0.2) is 12.2 Å². The summed E-state index contributed by atoms with van der Waals surface area (Å²) in [6.45, 7) is 0. The monoisotopic (exact) mass is 294 g/mol. The lowest BCUT2D eigenvalue weighted by Gasteiger charge is -2.31. The Bertz CT molecular complexity index is 513. The molecule has 0 bridgehead atoms. The van der Waals surface area contributed by atoms with Gasteiger partial charge in [0.15, 0.2) is 0 Å². The second-order valence-corrected chi connectivity index (χ2v) is 5.38. The van der Waals surface area contributed by atoms with Gasteiger partial charge in [-0.25, -0.2) is 0 Å². The molecule has 114 valence electrons. The Morgan fingerprint density at radius 1 is 1.24 bits per heavy atom. The summed E-state index contributed by atoms with van der Waals surface area (Å²) in [7, 11) is 1.38. The third-order valence-electron chi connectivity index (χ3n) is 4.05. The number of carboxylic acids is 1. The molecule has 1 saturated heterocycles. The minimum absolute atomic E-state index is 0.195. The fourth-order valence-corrected chi connectivity index (χ4v) is 2.71. The molecule has 0 saturated carbocycles. The first-order chi connectivity index (χ1) is 9.91. The lowest BCUT2D eigenvalue weighted by molar-refractivity contribution is -0.150. The number of hydrogen-bond donors (Lipinski definition) is 2. The zero-order valence-corrected chi connectivity index (χ0v) is 11.7. The van der Waals surface area contributed by atoms with E-state index in [0.29, 0.717) is 12.8 Å². The van der Waals surface area contributed by atoms with Crippen LogP contribution in [0.25, 0.3) is 0 Å². The van der Waals surface area contributed by atoms with E-state index in [0.717, 1.165) is 4.90 Å². The van der Waals surface area contributed by atoms with Crippen LogP contribution in [-0.4, -0.2) is 46.8 Å². The van der Waals surface area contributed by atoms with E-state index in [-0.39, 0.29) is 18.7 Å². The van der Waals surface area contributed by atoms with E-state index in [1.54, 1.807) is 12.2 Å². The number of imide groups is 1. The summed E-state index contributed by atoms with van der Waals surface area (Å²) in [5, 5.41) is 11.8. The van der Waals surface area contributed by atoms with Crippen LogP contribution in [0.1, 0.15) is 25.7 Å². The van der Waals surface area contributed by atoms with Crippen LogP contribution in [0.5, 0.6) is 0 Å². The third kappa shape index (κ3) is 3.12. The molecule has 1 heterocycles. The lowest BCUT2D eigenvalue weighted by atomic mass is 9.82. The maximum Gasteiger partial charge on any atom is 0.307 e. The van der Waals surface area contributed by atoms with E-state index in [1.807, 2.05) is 0 Å². The van der Waals surface area contributed by atoms with Gasteiger partial charge in [0.25, 0.3) is 5.91 Å². The van der Waals surface area contributed by atoms with Crippen LogP contribution in [0.2, 0.25) is 0 Å². The molecule has 2 aliphatic rings. The molecule has 7 nitrogen and oxygen atoms in total. The number of likely N-dealkylation sites (N-methyl/N-ethyl adjacent to an activating group) is 1. The molecule has 3 atom stereocenters. The maximum absolute atomic E-state index is 12.3. The van der Waals surface area contributed by atoms with Gasteiger partial charge in [-0.15, -0.1) is 0 Å². The van der Waals surface area contributed by atoms with E-state index in [2.05, 4.69) is 5.32 Å². The Morgan fingerprint density at radius 2 is 1.86 bits per heavy atom. The number of nitrogens with zero attached hydrogens (tertiary/aromatic N) is 1. The molecule has 3 amide bonds. The largest absolute Gasteiger partial charge is 0.481 e. The molecule has 21 heavy (non-hydrogen) atoms. The first-order valence-corrected chi connectivity index (χ1v) is 6.90.